The summed E-state index contributed by atoms with van der Waals surface area (Å²) in [6.07, 6.45) is 0. The average molecular weight is 257 g/mol. The molecule has 0 atom stereocenters. The number of hydrogen-bond acceptors (Lipinski definition) is 3. The molecule has 0 spiro atoms. The minimum Gasteiger partial charge on any atom is -0.384 e. The molecule has 2 nitrogen and oxygen atoms in total. The van der Waals surface area contributed by atoms with Gasteiger partial charge in [0.15, 0.2) is 3.92 Å². The predicted octanol–water partition coefficient (Wildman–Crippen LogP) is 2.79. The summed E-state index contributed by atoms with van der Waals surface area (Å²) in [5.74, 6) is 0. The van der Waals surface area contributed by atoms with E-state index in [1.165, 1.54) is 11.3 Å². The predicted molar refractivity (Wildman–Crippen MR) is 50.1 cm³/mol. The van der Waals surface area contributed by atoms with Crippen LogP contribution >= 0.6 is 38.9 Å². The quantitative estimate of drug-likeness (QED) is 0.838. The van der Waals surface area contributed by atoms with Crippen LogP contribution in [-0.2, 0) is 5.60 Å². The van der Waals surface area contributed by atoms with Crippen molar-refractivity contribution < 1.29 is 5.11 Å². The van der Waals surface area contributed by atoms with Crippen LogP contribution < -0.4 is 0 Å². The van der Waals surface area contributed by atoms with Crippen molar-refractivity contribution in [3.63, 3.8) is 0 Å². The lowest BCUT2D eigenvalue weighted by molar-refractivity contribution is 0.0745. The van der Waals surface area contributed by atoms with Crippen LogP contribution in [0.3, 0.4) is 0 Å². The van der Waals surface area contributed by atoms with Gasteiger partial charge < -0.3 is 5.11 Å². The highest BCUT2D eigenvalue weighted by atomic mass is 79.9. The molecular weight excluding hydrogens is 249 g/mol. The smallest absolute Gasteiger partial charge is 0.160 e. The zero-order chi connectivity index (χ0) is 8.65. The molecule has 1 aromatic heterocycles. The summed E-state index contributed by atoms with van der Waals surface area (Å²) < 4.78 is 1.23. The van der Waals surface area contributed by atoms with E-state index in [0.29, 0.717) is 13.9 Å². The molecule has 11 heavy (non-hydrogen) atoms. The fraction of sp³-hybridized carbons (Fsp3) is 0.500. The van der Waals surface area contributed by atoms with Crippen molar-refractivity contribution in [3.05, 3.63) is 13.9 Å². The van der Waals surface area contributed by atoms with Gasteiger partial charge in [0.25, 0.3) is 0 Å². The second-order valence-corrected chi connectivity index (χ2v) is 5.53. The lowest BCUT2D eigenvalue weighted by atomic mass is 10.1. The number of aromatic nitrogens is 1. The Kier molecular flexibility index (Phi) is 2.59. The molecule has 0 aromatic carbocycles. The fourth-order valence-electron chi connectivity index (χ4n) is 0.654. The van der Waals surface area contributed by atoms with Crippen LogP contribution in [0.1, 0.15) is 19.5 Å². The molecule has 0 radical (unpaired) electrons. The van der Waals surface area contributed by atoms with Crippen LogP contribution in [0.4, 0.5) is 0 Å². The van der Waals surface area contributed by atoms with Gasteiger partial charge in [-0.2, -0.15) is 0 Å². The summed E-state index contributed by atoms with van der Waals surface area (Å²) in [5.41, 5.74) is -0.435. The van der Waals surface area contributed by atoms with Crippen LogP contribution in [0.2, 0.25) is 4.34 Å². The molecule has 0 bridgehead atoms. The van der Waals surface area contributed by atoms with Gasteiger partial charge in [0, 0.05) is 0 Å². The highest BCUT2D eigenvalue weighted by Gasteiger charge is 2.23. The van der Waals surface area contributed by atoms with Gasteiger partial charge in [-0.3, -0.25) is 0 Å². The van der Waals surface area contributed by atoms with Crippen molar-refractivity contribution in [1.29, 1.82) is 0 Å². The number of thiazole rings is 1. The Bertz CT molecular complexity index is 268. The molecule has 0 saturated heterocycles. The van der Waals surface area contributed by atoms with Crippen molar-refractivity contribution in [1.82, 2.24) is 4.98 Å². The second-order valence-electron chi connectivity index (χ2n) is 2.65. The van der Waals surface area contributed by atoms with Gasteiger partial charge in [-0.05, 0) is 29.8 Å². The van der Waals surface area contributed by atoms with E-state index in [1.807, 2.05) is 0 Å². The third-order valence-corrected chi connectivity index (χ3v) is 2.84. The Morgan fingerprint density at radius 3 is 2.36 bits per heavy atom. The molecule has 1 heterocycles. The third kappa shape index (κ3) is 2.15. The first-order valence-electron chi connectivity index (χ1n) is 2.96. The van der Waals surface area contributed by atoms with E-state index in [4.69, 9.17) is 11.6 Å². The Morgan fingerprint density at radius 2 is 2.18 bits per heavy atom. The number of halogens is 2. The molecule has 0 unspecified atom stereocenters. The van der Waals surface area contributed by atoms with E-state index in [1.54, 1.807) is 13.8 Å². The van der Waals surface area contributed by atoms with Crippen LogP contribution in [0, 0.1) is 0 Å². The lowest BCUT2D eigenvalue weighted by Gasteiger charge is -2.13. The summed E-state index contributed by atoms with van der Waals surface area (Å²) in [6.45, 7) is 3.31. The van der Waals surface area contributed by atoms with Crippen LogP contribution in [0.15, 0.2) is 3.92 Å². The fourth-order valence-corrected chi connectivity index (χ4v) is 2.77. The Balaban J connectivity index is 3.13. The Hall–Kier alpha value is 0.360. The molecular formula is C6H7BrClNOS. The molecule has 1 rings (SSSR count). The zero-order valence-corrected chi connectivity index (χ0v) is 9.22. The molecule has 1 N–H and O–H groups in total. The standard InChI is InChI=1S/C6H7BrClNOS/c1-6(2,10)3-4(8)11-5(7)9-3/h10H,1-2H3. The third-order valence-electron chi connectivity index (χ3n) is 1.14. The molecule has 0 aliphatic rings. The number of aliphatic hydroxyl groups is 1. The number of hydrogen-bond donors (Lipinski definition) is 1. The minimum absolute atomic E-state index is 0.524. The van der Waals surface area contributed by atoms with Crippen molar-refractivity contribution in [2.75, 3.05) is 0 Å². The summed E-state index contributed by atoms with van der Waals surface area (Å²) in [4.78, 5) is 4.03. The van der Waals surface area contributed by atoms with Crippen LogP contribution in [-0.4, -0.2) is 10.1 Å². The Morgan fingerprint density at radius 1 is 1.64 bits per heavy atom. The Labute approximate surface area is 82.4 Å². The molecule has 0 aliphatic heterocycles. The molecule has 0 fully saturated rings. The van der Waals surface area contributed by atoms with E-state index in [2.05, 4.69) is 20.9 Å². The molecule has 0 amide bonds. The van der Waals surface area contributed by atoms with Gasteiger partial charge in [-0.15, -0.1) is 0 Å². The lowest BCUT2D eigenvalue weighted by Crippen LogP contribution is -2.16. The van der Waals surface area contributed by atoms with Gasteiger partial charge in [0.2, 0.25) is 0 Å². The summed E-state index contributed by atoms with van der Waals surface area (Å²) in [7, 11) is 0. The molecule has 0 aliphatic carbocycles. The van der Waals surface area contributed by atoms with Crippen molar-refractivity contribution in [2.45, 2.75) is 19.4 Å². The summed E-state index contributed by atoms with van der Waals surface area (Å²) >= 11 is 10.3. The zero-order valence-electron chi connectivity index (χ0n) is 6.06. The number of nitrogens with zero attached hydrogens (tertiary/aromatic N) is 1. The first kappa shape index (κ1) is 9.45. The van der Waals surface area contributed by atoms with Gasteiger partial charge >= 0.3 is 0 Å². The van der Waals surface area contributed by atoms with Crippen LogP contribution in [0.5, 0.6) is 0 Å². The maximum absolute atomic E-state index is 9.52. The largest absolute Gasteiger partial charge is 0.384 e. The van der Waals surface area contributed by atoms with Gasteiger partial charge in [0.1, 0.15) is 15.6 Å². The highest BCUT2D eigenvalue weighted by Crippen LogP contribution is 2.34. The first-order valence-corrected chi connectivity index (χ1v) is 4.94. The summed E-state index contributed by atoms with van der Waals surface area (Å²) in [6, 6.07) is 0. The molecule has 62 valence electrons. The maximum atomic E-state index is 9.52. The van der Waals surface area contributed by atoms with E-state index in [0.717, 1.165) is 0 Å². The second kappa shape index (κ2) is 3.01. The van der Waals surface area contributed by atoms with Crippen molar-refractivity contribution in [3.8, 4) is 0 Å². The van der Waals surface area contributed by atoms with Gasteiger partial charge in [0.05, 0.1) is 0 Å². The van der Waals surface area contributed by atoms with Crippen molar-refractivity contribution in [2.24, 2.45) is 0 Å². The van der Waals surface area contributed by atoms with Gasteiger partial charge in [-0.25, -0.2) is 4.98 Å². The van der Waals surface area contributed by atoms with Crippen molar-refractivity contribution >= 4 is 38.9 Å². The normalized spacial score (nSPS) is 12.1. The molecule has 0 saturated carbocycles. The van der Waals surface area contributed by atoms with E-state index >= 15 is 0 Å². The van der Waals surface area contributed by atoms with Gasteiger partial charge in [-0.1, -0.05) is 22.9 Å². The molecule has 1 aromatic rings. The van der Waals surface area contributed by atoms with E-state index < -0.39 is 5.60 Å². The summed E-state index contributed by atoms with van der Waals surface area (Å²) in [5, 5.41) is 9.52. The first-order chi connectivity index (χ1) is 4.91. The van der Waals surface area contributed by atoms with Crippen LogP contribution in [0.25, 0.3) is 0 Å². The topological polar surface area (TPSA) is 33.1 Å². The van der Waals surface area contributed by atoms with E-state index in [9.17, 15) is 5.11 Å². The van der Waals surface area contributed by atoms with E-state index in [-0.39, 0.29) is 0 Å². The highest BCUT2D eigenvalue weighted by molar-refractivity contribution is 9.11. The average Bonchev–Trinajstić information content (AvgIpc) is 2.08. The monoisotopic (exact) mass is 255 g/mol. The molecule has 5 heteroatoms. The minimum atomic E-state index is -0.959. The maximum Gasteiger partial charge on any atom is 0.160 e. The number of rotatable bonds is 1. The SMILES string of the molecule is CC(C)(O)c1nc(Br)sc1Cl.